The van der Waals surface area contributed by atoms with Crippen molar-refractivity contribution in [3.8, 4) is 11.1 Å². The largest absolute Gasteiger partial charge is 0.602 e. The first-order chi connectivity index (χ1) is 9.89. The van der Waals surface area contributed by atoms with Gasteiger partial charge in [-0.05, 0) is 31.9 Å². The molecule has 0 saturated heterocycles. The molecule has 0 spiro atoms. The van der Waals surface area contributed by atoms with E-state index in [1.807, 2.05) is 45.0 Å². The van der Waals surface area contributed by atoms with E-state index < -0.39 is 11.7 Å². The summed E-state index contributed by atoms with van der Waals surface area (Å²) in [6.07, 6.45) is 3.73. The van der Waals surface area contributed by atoms with Gasteiger partial charge in [-0.25, -0.2) is 0 Å². The molecule has 4 nitrogen and oxygen atoms in total. The highest BCUT2D eigenvalue weighted by molar-refractivity contribution is 5.76. The van der Waals surface area contributed by atoms with Gasteiger partial charge in [0.05, 0.1) is 0 Å². The summed E-state index contributed by atoms with van der Waals surface area (Å²) in [5.74, 6) is 0. The molecule has 0 amide bonds. The van der Waals surface area contributed by atoms with Gasteiger partial charge < -0.3 is 4.74 Å². The van der Waals surface area contributed by atoms with Crippen LogP contribution >= 0.6 is 0 Å². The van der Waals surface area contributed by atoms with Crippen LogP contribution in [0.2, 0.25) is 0 Å². The van der Waals surface area contributed by atoms with Crippen molar-refractivity contribution in [1.29, 1.82) is 0 Å². The van der Waals surface area contributed by atoms with Crippen LogP contribution in [-0.4, -0.2) is 18.0 Å². The number of carbonyl (C=O) groups is 2. The highest BCUT2D eigenvalue weighted by Crippen LogP contribution is 2.18. The Kier molecular flexibility index (Phi) is 4.17. The van der Waals surface area contributed by atoms with Gasteiger partial charge in [-0.1, -0.05) is 28.8 Å². The Bertz CT molecular complexity index is 637. The van der Waals surface area contributed by atoms with Gasteiger partial charge in [0.2, 0.25) is 0 Å². The van der Waals surface area contributed by atoms with Crippen LogP contribution in [0.15, 0.2) is 48.8 Å². The summed E-state index contributed by atoms with van der Waals surface area (Å²) in [6, 6.07) is 10.9. The molecule has 0 aliphatic rings. The van der Waals surface area contributed by atoms with Crippen molar-refractivity contribution in [2.24, 2.45) is 0 Å². The Labute approximate surface area is 124 Å². The van der Waals surface area contributed by atoms with E-state index in [1.54, 1.807) is 24.5 Å². The van der Waals surface area contributed by atoms with Gasteiger partial charge in [0.1, 0.15) is 11.9 Å². The number of ether oxygens (including phenoxy) is 1. The average Bonchev–Trinajstić information content (AvgIpc) is 2.46. The minimum Gasteiger partial charge on any atom is -0.406 e. The van der Waals surface area contributed by atoms with Crippen molar-refractivity contribution in [2.45, 2.75) is 26.4 Å². The number of nitrogens with zero attached hydrogens (tertiary/aromatic N) is 1. The van der Waals surface area contributed by atoms with Crippen molar-refractivity contribution in [1.82, 2.24) is 0 Å². The predicted octanol–water partition coefficient (Wildman–Crippen LogP) is 3.24. The van der Waals surface area contributed by atoms with E-state index in [-0.39, 0.29) is 0 Å². The maximum absolute atomic E-state index is 11.9. The van der Waals surface area contributed by atoms with Crippen LogP contribution in [0.25, 0.3) is 11.1 Å². The SMILES string of the molecule is CC(C)(C)OC(=O)[n+]1ccc(-c2ccc(C=O)cc2)cc1. The van der Waals surface area contributed by atoms with Gasteiger partial charge in [-0.3, -0.25) is 4.79 Å². The molecule has 0 atom stereocenters. The molecule has 0 radical (unpaired) electrons. The second kappa shape index (κ2) is 5.87. The van der Waals surface area contributed by atoms with Crippen LogP contribution in [0.1, 0.15) is 31.1 Å². The zero-order chi connectivity index (χ0) is 15.5. The van der Waals surface area contributed by atoms with Crippen molar-refractivity contribution in [3.63, 3.8) is 0 Å². The van der Waals surface area contributed by atoms with Crippen LogP contribution in [0.4, 0.5) is 4.79 Å². The van der Waals surface area contributed by atoms with E-state index in [0.29, 0.717) is 5.56 Å². The number of pyridine rings is 1. The minimum atomic E-state index is -0.520. The van der Waals surface area contributed by atoms with Gasteiger partial charge in [0.15, 0.2) is 12.4 Å². The normalized spacial score (nSPS) is 11.0. The Balaban J connectivity index is 2.18. The zero-order valence-corrected chi connectivity index (χ0v) is 12.4. The summed E-state index contributed by atoms with van der Waals surface area (Å²) in [6.45, 7) is 5.48. The van der Waals surface area contributed by atoms with Gasteiger partial charge in [0, 0.05) is 17.7 Å². The molecule has 1 heterocycles. The summed E-state index contributed by atoms with van der Waals surface area (Å²) < 4.78 is 6.68. The summed E-state index contributed by atoms with van der Waals surface area (Å²) >= 11 is 0. The molecule has 0 aliphatic carbocycles. The van der Waals surface area contributed by atoms with E-state index in [0.717, 1.165) is 17.4 Å². The fourth-order valence-corrected chi connectivity index (χ4v) is 1.81. The monoisotopic (exact) mass is 284 g/mol. The lowest BCUT2D eigenvalue weighted by Crippen LogP contribution is -2.45. The molecular weight excluding hydrogens is 266 g/mol. The highest BCUT2D eigenvalue weighted by atomic mass is 16.6. The number of aldehydes is 1. The molecule has 108 valence electrons. The molecule has 4 heteroatoms. The first-order valence-corrected chi connectivity index (χ1v) is 6.69. The fourth-order valence-electron chi connectivity index (χ4n) is 1.81. The molecule has 0 fully saturated rings. The van der Waals surface area contributed by atoms with Crippen molar-refractivity contribution >= 4 is 12.4 Å². The lowest BCUT2D eigenvalue weighted by Gasteiger charge is -2.15. The van der Waals surface area contributed by atoms with Crippen LogP contribution in [0.5, 0.6) is 0 Å². The van der Waals surface area contributed by atoms with Crippen LogP contribution < -0.4 is 4.57 Å². The fraction of sp³-hybridized carbons (Fsp3) is 0.235. The molecule has 1 aromatic carbocycles. The number of hydrogen-bond donors (Lipinski definition) is 0. The Hall–Kier alpha value is -2.49. The summed E-state index contributed by atoms with van der Waals surface area (Å²) in [5.41, 5.74) is 2.07. The molecule has 0 unspecified atom stereocenters. The lowest BCUT2D eigenvalue weighted by molar-refractivity contribution is -0.588. The number of aromatic nitrogens is 1. The van der Waals surface area contributed by atoms with E-state index in [1.165, 1.54) is 4.57 Å². The minimum absolute atomic E-state index is 0.412. The molecular formula is C17H18NO3+. The molecule has 0 bridgehead atoms. The lowest BCUT2D eigenvalue weighted by atomic mass is 10.1. The van der Waals surface area contributed by atoms with Crippen LogP contribution in [0, 0.1) is 0 Å². The maximum Gasteiger partial charge on any atom is 0.602 e. The van der Waals surface area contributed by atoms with E-state index in [9.17, 15) is 9.59 Å². The van der Waals surface area contributed by atoms with E-state index >= 15 is 0 Å². The highest BCUT2D eigenvalue weighted by Gasteiger charge is 2.24. The first kappa shape index (κ1) is 14.9. The molecule has 21 heavy (non-hydrogen) atoms. The van der Waals surface area contributed by atoms with Gasteiger partial charge in [-0.15, -0.1) is 0 Å². The Morgan fingerprint density at radius 3 is 2.00 bits per heavy atom. The Morgan fingerprint density at radius 1 is 1.00 bits per heavy atom. The third kappa shape index (κ3) is 3.99. The summed E-state index contributed by atoms with van der Waals surface area (Å²) in [4.78, 5) is 22.5. The standard InChI is InChI=1S/C17H18NO3/c1-17(2,3)21-16(20)18-10-8-15(9-11-18)14-6-4-13(12-19)5-7-14/h4-12H,1-3H3/q+1. The molecule has 0 N–H and O–H groups in total. The molecule has 0 saturated carbocycles. The molecule has 0 aliphatic heterocycles. The number of rotatable bonds is 2. The second-order valence-electron chi connectivity index (χ2n) is 5.71. The smallest absolute Gasteiger partial charge is 0.406 e. The van der Waals surface area contributed by atoms with Gasteiger partial charge in [0.25, 0.3) is 0 Å². The van der Waals surface area contributed by atoms with Crippen LogP contribution in [-0.2, 0) is 4.74 Å². The number of hydrogen-bond acceptors (Lipinski definition) is 3. The summed E-state index contributed by atoms with van der Waals surface area (Å²) in [5, 5.41) is 0. The number of benzene rings is 1. The van der Waals surface area contributed by atoms with E-state index in [4.69, 9.17) is 4.74 Å². The topological polar surface area (TPSA) is 47.2 Å². The van der Waals surface area contributed by atoms with Crippen molar-refractivity contribution in [3.05, 3.63) is 54.4 Å². The van der Waals surface area contributed by atoms with Crippen molar-refractivity contribution < 1.29 is 18.9 Å². The summed E-state index contributed by atoms with van der Waals surface area (Å²) in [7, 11) is 0. The van der Waals surface area contributed by atoms with Gasteiger partial charge >= 0.3 is 6.09 Å². The van der Waals surface area contributed by atoms with Crippen LogP contribution in [0.3, 0.4) is 0 Å². The molecule has 1 aromatic heterocycles. The number of carbonyl (C=O) groups excluding carboxylic acids is 2. The second-order valence-corrected chi connectivity index (χ2v) is 5.71. The average molecular weight is 284 g/mol. The van der Waals surface area contributed by atoms with E-state index in [2.05, 4.69) is 0 Å². The maximum atomic E-state index is 11.9. The third-order valence-electron chi connectivity index (χ3n) is 2.81. The van der Waals surface area contributed by atoms with Crippen molar-refractivity contribution in [2.75, 3.05) is 0 Å². The Morgan fingerprint density at radius 2 is 1.52 bits per heavy atom. The quantitative estimate of drug-likeness (QED) is 0.628. The zero-order valence-electron chi connectivity index (χ0n) is 12.4. The molecule has 2 rings (SSSR count). The third-order valence-corrected chi connectivity index (χ3v) is 2.81. The first-order valence-electron chi connectivity index (χ1n) is 6.69. The molecule has 2 aromatic rings. The van der Waals surface area contributed by atoms with Gasteiger partial charge in [-0.2, -0.15) is 4.79 Å². The predicted molar refractivity (Wildman–Crippen MR) is 79.1 cm³/mol.